The number of anilines is 1. The van der Waals surface area contributed by atoms with Gasteiger partial charge in [0.2, 0.25) is 0 Å². The fraction of sp³-hybridized carbons (Fsp3) is 0.571. The molecule has 1 atom stereocenters. The van der Waals surface area contributed by atoms with Crippen LogP contribution in [0.25, 0.3) is 0 Å². The number of nitrogen functional groups attached to an aromatic ring is 1. The summed E-state index contributed by atoms with van der Waals surface area (Å²) in [4.78, 5) is 0. The van der Waals surface area contributed by atoms with Gasteiger partial charge in [0.15, 0.2) is 0 Å². The van der Waals surface area contributed by atoms with Crippen LogP contribution in [-0.4, -0.2) is 6.54 Å². The minimum atomic E-state index is -0.227. The highest BCUT2D eigenvalue weighted by Crippen LogP contribution is 2.37. The summed E-state index contributed by atoms with van der Waals surface area (Å²) in [5.74, 6) is -0.227. The van der Waals surface area contributed by atoms with E-state index < -0.39 is 0 Å². The van der Waals surface area contributed by atoms with E-state index in [1.54, 1.807) is 6.07 Å². The van der Waals surface area contributed by atoms with E-state index in [-0.39, 0.29) is 11.9 Å². The summed E-state index contributed by atoms with van der Waals surface area (Å²) >= 11 is 0. The van der Waals surface area contributed by atoms with E-state index in [0.29, 0.717) is 5.69 Å². The first kappa shape index (κ1) is 11.0. The van der Waals surface area contributed by atoms with Gasteiger partial charge in [-0.05, 0) is 67.8 Å². The number of hydrogen-bond donors (Lipinski definition) is 2. The lowest BCUT2D eigenvalue weighted by atomic mass is 9.84. The molecule has 0 radical (unpaired) electrons. The molecule has 0 aromatic heterocycles. The molecule has 0 amide bonds. The molecule has 3 N–H and O–H groups in total. The molecule has 1 aromatic carbocycles. The molecule has 3 heteroatoms. The number of hydrogen-bond acceptors (Lipinski definition) is 2. The lowest BCUT2D eigenvalue weighted by molar-refractivity contribution is 0.587. The summed E-state index contributed by atoms with van der Waals surface area (Å²) in [6, 6.07) is 1.93. The van der Waals surface area contributed by atoms with Gasteiger partial charge in [-0.3, -0.25) is 0 Å². The predicted octanol–water partition coefficient (Wildman–Crippen LogP) is 2.71. The predicted molar refractivity (Wildman–Crippen MR) is 67.4 cm³/mol. The Morgan fingerprint density at radius 1 is 1.24 bits per heavy atom. The van der Waals surface area contributed by atoms with E-state index in [9.17, 15) is 4.39 Å². The molecule has 1 saturated heterocycles. The van der Waals surface area contributed by atoms with Crippen LogP contribution in [0.2, 0.25) is 0 Å². The van der Waals surface area contributed by atoms with Gasteiger partial charge in [-0.25, -0.2) is 4.39 Å². The summed E-state index contributed by atoms with van der Waals surface area (Å²) in [5.41, 5.74) is 9.93. The SMILES string of the molecule is Nc1c(F)cc2c(c1[C@H]1CCCN1)CCCC2. The van der Waals surface area contributed by atoms with Gasteiger partial charge in [0, 0.05) is 6.04 Å². The molecule has 0 saturated carbocycles. The topological polar surface area (TPSA) is 38.0 Å². The molecule has 2 aliphatic rings. The Morgan fingerprint density at radius 2 is 2.06 bits per heavy atom. The molecule has 1 fully saturated rings. The molecular weight excluding hydrogens is 215 g/mol. The first-order valence-electron chi connectivity index (χ1n) is 6.60. The highest BCUT2D eigenvalue weighted by molar-refractivity contribution is 5.57. The van der Waals surface area contributed by atoms with E-state index in [1.165, 1.54) is 24.0 Å². The van der Waals surface area contributed by atoms with Crippen LogP contribution >= 0.6 is 0 Å². The zero-order valence-electron chi connectivity index (χ0n) is 10.1. The summed E-state index contributed by atoms with van der Waals surface area (Å²) in [6.07, 6.45) is 6.70. The maximum atomic E-state index is 13.9. The van der Waals surface area contributed by atoms with Crippen LogP contribution in [0.3, 0.4) is 0 Å². The molecule has 92 valence electrons. The Balaban J connectivity index is 2.12. The smallest absolute Gasteiger partial charge is 0.146 e. The zero-order valence-corrected chi connectivity index (χ0v) is 10.1. The Morgan fingerprint density at radius 3 is 2.82 bits per heavy atom. The molecule has 1 aliphatic heterocycles. The largest absolute Gasteiger partial charge is 0.396 e. The van der Waals surface area contributed by atoms with E-state index in [2.05, 4.69) is 5.32 Å². The van der Waals surface area contributed by atoms with Crippen molar-refractivity contribution in [2.45, 2.75) is 44.6 Å². The van der Waals surface area contributed by atoms with Gasteiger partial charge >= 0.3 is 0 Å². The maximum Gasteiger partial charge on any atom is 0.146 e. The molecule has 17 heavy (non-hydrogen) atoms. The van der Waals surface area contributed by atoms with Crippen LogP contribution in [0, 0.1) is 5.82 Å². The van der Waals surface area contributed by atoms with Crippen molar-refractivity contribution in [3.05, 3.63) is 28.6 Å². The molecule has 1 aromatic rings. The second-order valence-corrected chi connectivity index (χ2v) is 5.18. The minimum Gasteiger partial charge on any atom is -0.396 e. The zero-order chi connectivity index (χ0) is 11.8. The number of nitrogens with one attached hydrogen (secondary N) is 1. The van der Waals surface area contributed by atoms with Crippen LogP contribution in [-0.2, 0) is 12.8 Å². The van der Waals surface area contributed by atoms with Crippen LogP contribution in [0.15, 0.2) is 6.07 Å². The average molecular weight is 234 g/mol. The van der Waals surface area contributed by atoms with Crippen molar-refractivity contribution in [3.8, 4) is 0 Å². The van der Waals surface area contributed by atoms with Crippen LogP contribution in [0.1, 0.15) is 48.4 Å². The molecule has 1 aliphatic carbocycles. The van der Waals surface area contributed by atoms with Crippen molar-refractivity contribution in [3.63, 3.8) is 0 Å². The number of benzene rings is 1. The summed E-state index contributed by atoms with van der Waals surface area (Å²) < 4.78 is 13.9. The molecule has 0 unspecified atom stereocenters. The fourth-order valence-electron chi connectivity index (χ4n) is 3.25. The first-order valence-corrected chi connectivity index (χ1v) is 6.60. The van der Waals surface area contributed by atoms with Crippen LogP contribution in [0.4, 0.5) is 10.1 Å². The van der Waals surface area contributed by atoms with Crippen molar-refractivity contribution < 1.29 is 4.39 Å². The van der Waals surface area contributed by atoms with Crippen LogP contribution in [0.5, 0.6) is 0 Å². The average Bonchev–Trinajstić information content (AvgIpc) is 2.84. The fourth-order valence-corrected chi connectivity index (χ4v) is 3.25. The number of nitrogens with two attached hydrogens (primary N) is 1. The van der Waals surface area contributed by atoms with Crippen molar-refractivity contribution in [2.75, 3.05) is 12.3 Å². The normalized spacial score (nSPS) is 23.7. The molecule has 2 nitrogen and oxygen atoms in total. The number of fused-ring (bicyclic) bond motifs is 1. The maximum absolute atomic E-state index is 13.9. The minimum absolute atomic E-state index is 0.227. The van der Waals surface area contributed by atoms with Gasteiger partial charge in [-0.15, -0.1) is 0 Å². The molecule has 3 rings (SSSR count). The van der Waals surface area contributed by atoms with Crippen molar-refractivity contribution in [1.82, 2.24) is 5.32 Å². The Hall–Kier alpha value is -1.09. The molecule has 0 bridgehead atoms. The second-order valence-electron chi connectivity index (χ2n) is 5.18. The third-order valence-corrected chi connectivity index (χ3v) is 4.09. The highest BCUT2D eigenvalue weighted by Gasteiger charge is 2.26. The van der Waals surface area contributed by atoms with E-state index in [4.69, 9.17) is 5.73 Å². The summed E-state index contributed by atoms with van der Waals surface area (Å²) in [6.45, 7) is 1.02. The van der Waals surface area contributed by atoms with Crippen molar-refractivity contribution in [1.29, 1.82) is 0 Å². The van der Waals surface area contributed by atoms with E-state index in [0.717, 1.165) is 37.8 Å². The van der Waals surface area contributed by atoms with Gasteiger partial charge in [-0.2, -0.15) is 0 Å². The highest BCUT2D eigenvalue weighted by atomic mass is 19.1. The standard InChI is InChI=1S/C14H19FN2/c15-11-8-9-4-1-2-5-10(9)13(14(11)16)12-6-3-7-17-12/h8,12,17H,1-7,16H2/t12-/m1/s1. The number of aryl methyl sites for hydroxylation is 1. The van der Waals surface area contributed by atoms with E-state index in [1.807, 2.05) is 0 Å². The third-order valence-electron chi connectivity index (χ3n) is 4.09. The second kappa shape index (κ2) is 4.30. The lowest BCUT2D eigenvalue weighted by Gasteiger charge is -2.25. The monoisotopic (exact) mass is 234 g/mol. The molecule has 0 spiro atoms. The molecular formula is C14H19FN2. The van der Waals surface area contributed by atoms with Gasteiger partial charge in [0.25, 0.3) is 0 Å². The van der Waals surface area contributed by atoms with Gasteiger partial charge < -0.3 is 11.1 Å². The Labute approximate surface area is 101 Å². The first-order chi connectivity index (χ1) is 8.27. The van der Waals surface area contributed by atoms with Gasteiger partial charge in [-0.1, -0.05) is 0 Å². The van der Waals surface area contributed by atoms with Gasteiger partial charge in [0.05, 0.1) is 5.69 Å². The van der Waals surface area contributed by atoms with E-state index >= 15 is 0 Å². The van der Waals surface area contributed by atoms with Crippen molar-refractivity contribution >= 4 is 5.69 Å². The van der Waals surface area contributed by atoms with Gasteiger partial charge in [0.1, 0.15) is 5.82 Å². The lowest BCUT2D eigenvalue weighted by Crippen LogP contribution is -2.20. The molecule has 1 heterocycles. The van der Waals surface area contributed by atoms with Crippen LogP contribution < -0.4 is 11.1 Å². The third kappa shape index (κ3) is 1.82. The number of halogens is 1. The summed E-state index contributed by atoms with van der Waals surface area (Å²) in [5, 5.41) is 3.44. The quantitative estimate of drug-likeness (QED) is 0.733. The van der Waals surface area contributed by atoms with Crippen molar-refractivity contribution in [2.24, 2.45) is 0 Å². The summed E-state index contributed by atoms with van der Waals surface area (Å²) in [7, 11) is 0. The Kier molecular flexibility index (Phi) is 2.79. The number of rotatable bonds is 1. The Bertz CT molecular complexity index is 436.